The summed E-state index contributed by atoms with van der Waals surface area (Å²) in [5, 5.41) is 39.7. The van der Waals surface area contributed by atoms with Crippen LogP contribution >= 0.6 is 0 Å². The van der Waals surface area contributed by atoms with E-state index in [9.17, 15) is 14.0 Å². The number of halogens is 1. The first-order chi connectivity index (χ1) is 13.3. The minimum atomic E-state index is -0.900. The molecule has 1 atom stereocenters. The van der Waals surface area contributed by atoms with E-state index in [0.717, 1.165) is 6.92 Å². The van der Waals surface area contributed by atoms with E-state index in [1.165, 1.54) is 0 Å². The summed E-state index contributed by atoms with van der Waals surface area (Å²) in [5.41, 5.74) is 0.0460. The molecule has 0 aromatic rings. The monoisotopic (exact) mass is 421 g/mol. The minimum absolute atomic E-state index is 0.0141. The van der Waals surface area contributed by atoms with Gasteiger partial charge < -0.3 is 31.5 Å². The number of carboxylic acid groups (broad SMARTS) is 1. The van der Waals surface area contributed by atoms with E-state index in [1.54, 1.807) is 6.92 Å². The first-order valence-electron chi connectivity index (χ1n) is 9.38. The lowest BCUT2D eigenvalue weighted by atomic mass is 9.99. The number of carboxylic acids is 1. The van der Waals surface area contributed by atoms with E-state index in [0.29, 0.717) is 25.2 Å². The van der Waals surface area contributed by atoms with Crippen LogP contribution < -0.4 is 16.0 Å². The molecule has 0 spiro atoms. The largest absolute Gasteiger partial charge is 0.481 e. The number of hydrogen-bond acceptors (Lipinski definition) is 8. The van der Waals surface area contributed by atoms with Crippen molar-refractivity contribution in [3.8, 4) is 0 Å². The van der Waals surface area contributed by atoms with Crippen molar-refractivity contribution in [2.45, 2.75) is 78.4 Å². The molecule has 1 unspecified atom stereocenters. The predicted molar refractivity (Wildman–Crippen MR) is 110 cm³/mol. The third-order valence-corrected chi connectivity index (χ3v) is 3.91. The molecule has 29 heavy (non-hydrogen) atoms. The second-order valence-electron chi connectivity index (χ2n) is 7.36. The number of aliphatic carboxylic acids is 1. The molecule has 0 radical (unpaired) electrons. The molecule has 0 heterocycles. The zero-order valence-corrected chi connectivity index (χ0v) is 18.1. The van der Waals surface area contributed by atoms with Crippen LogP contribution in [0.1, 0.15) is 60.8 Å². The molecule has 0 saturated heterocycles. The fourth-order valence-electron chi connectivity index (χ4n) is 1.88. The normalized spacial score (nSPS) is 13.5. The Labute approximate surface area is 171 Å². The Morgan fingerprint density at radius 3 is 2.03 bits per heavy atom. The van der Waals surface area contributed by atoms with E-state index in [4.69, 9.17) is 15.5 Å². The average Bonchev–Trinajstić information content (AvgIpc) is 2.63. The van der Waals surface area contributed by atoms with Crippen LogP contribution in [0.15, 0.2) is 10.3 Å². The zero-order chi connectivity index (χ0) is 23.0. The molecule has 0 saturated carbocycles. The summed E-state index contributed by atoms with van der Waals surface area (Å²) in [4.78, 5) is 22.5. The summed E-state index contributed by atoms with van der Waals surface area (Å²) >= 11 is 0. The number of amides is 1. The second-order valence-corrected chi connectivity index (χ2v) is 7.36. The number of rotatable bonds is 12. The van der Waals surface area contributed by atoms with Crippen LogP contribution in [0.2, 0.25) is 0 Å². The van der Waals surface area contributed by atoms with Crippen LogP contribution in [-0.2, 0) is 9.59 Å². The molecule has 0 aliphatic heterocycles. The maximum Gasteiger partial charge on any atom is 0.303 e. The van der Waals surface area contributed by atoms with Gasteiger partial charge in [0.15, 0.2) is 0 Å². The van der Waals surface area contributed by atoms with Crippen molar-refractivity contribution in [1.82, 2.24) is 16.0 Å². The molecular weight excluding hydrogens is 385 g/mol. The maximum absolute atomic E-state index is 12.0. The standard InChI is InChI=1S/C16H32N4O4.C2H4FNO/c1-11(2)17-9-13(10-18-16(4,5)12(3)20-24)19-14(21)7-6-8-15(22)23;1-2(3)4-5/h11,13,17-18,24H,6-10H2,1-5H3,(H,19,21)(H,22,23);5H,1H3/b20-12+;4-2+. The van der Waals surface area contributed by atoms with Crippen LogP contribution in [-0.4, -0.2) is 69.8 Å². The van der Waals surface area contributed by atoms with Crippen LogP contribution in [0.4, 0.5) is 4.39 Å². The molecular formula is C18H36FN5O5. The summed E-state index contributed by atoms with van der Waals surface area (Å²) in [6, 6.07) is 0.126. The van der Waals surface area contributed by atoms with Gasteiger partial charge in [-0.2, -0.15) is 4.39 Å². The quantitative estimate of drug-likeness (QED) is 0.159. The molecule has 0 bridgehead atoms. The number of oxime groups is 2. The van der Waals surface area contributed by atoms with Crippen molar-refractivity contribution in [3.05, 3.63) is 0 Å². The van der Waals surface area contributed by atoms with E-state index in [1.807, 2.05) is 27.7 Å². The Morgan fingerprint density at radius 2 is 1.62 bits per heavy atom. The lowest BCUT2D eigenvalue weighted by Gasteiger charge is -2.29. The smallest absolute Gasteiger partial charge is 0.303 e. The summed E-state index contributed by atoms with van der Waals surface area (Å²) in [6.07, 6.45) is 0.492. The van der Waals surface area contributed by atoms with E-state index >= 15 is 0 Å². The van der Waals surface area contributed by atoms with E-state index < -0.39 is 17.5 Å². The van der Waals surface area contributed by atoms with Crippen LogP contribution in [0.5, 0.6) is 0 Å². The van der Waals surface area contributed by atoms with E-state index in [-0.39, 0.29) is 30.8 Å². The van der Waals surface area contributed by atoms with Gasteiger partial charge in [0.05, 0.1) is 17.3 Å². The predicted octanol–water partition coefficient (Wildman–Crippen LogP) is 1.71. The van der Waals surface area contributed by atoms with Crippen molar-refractivity contribution in [2.24, 2.45) is 10.3 Å². The van der Waals surface area contributed by atoms with Gasteiger partial charge >= 0.3 is 5.97 Å². The SMILES string of the molecule is C/C(=N\O)C(C)(C)NCC(CNC(C)C)NC(=O)CCCC(=O)O.C/C(F)=N\O. The Kier molecular flexibility index (Phi) is 15.6. The fraction of sp³-hybridized carbons (Fsp3) is 0.778. The third kappa shape index (κ3) is 17.6. The molecule has 170 valence electrons. The van der Waals surface area contributed by atoms with Crippen molar-refractivity contribution in [2.75, 3.05) is 13.1 Å². The van der Waals surface area contributed by atoms with Gasteiger partial charge in [-0.3, -0.25) is 9.59 Å². The van der Waals surface area contributed by atoms with Gasteiger partial charge in [0.2, 0.25) is 11.9 Å². The Bertz CT molecular complexity index is 549. The lowest BCUT2D eigenvalue weighted by Crippen LogP contribution is -2.55. The van der Waals surface area contributed by atoms with Crippen molar-refractivity contribution < 1.29 is 29.5 Å². The number of hydrogen-bond donors (Lipinski definition) is 6. The van der Waals surface area contributed by atoms with Crippen LogP contribution in [0, 0.1) is 0 Å². The molecule has 0 aromatic heterocycles. The molecule has 10 nitrogen and oxygen atoms in total. The highest BCUT2D eigenvalue weighted by Gasteiger charge is 2.23. The molecule has 11 heteroatoms. The summed E-state index contributed by atoms with van der Waals surface area (Å²) in [7, 11) is 0. The third-order valence-electron chi connectivity index (χ3n) is 3.91. The van der Waals surface area contributed by atoms with Crippen LogP contribution in [0.25, 0.3) is 0 Å². The Balaban J connectivity index is 0. The highest BCUT2D eigenvalue weighted by Crippen LogP contribution is 2.05. The molecule has 0 aromatic carbocycles. The molecule has 0 fully saturated rings. The highest BCUT2D eigenvalue weighted by molar-refractivity contribution is 5.90. The van der Waals surface area contributed by atoms with Gasteiger partial charge in [-0.1, -0.05) is 24.2 Å². The topological polar surface area (TPSA) is 156 Å². The number of carbonyl (C=O) groups is 2. The average molecular weight is 422 g/mol. The summed E-state index contributed by atoms with van der Waals surface area (Å²) < 4.78 is 10.9. The van der Waals surface area contributed by atoms with Gasteiger partial charge in [-0.25, -0.2) is 0 Å². The first-order valence-corrected chi connectivity index (χ1v) is 9.38. The van der Waals surface area contributed by atoms with E-state index in [2.05, 4.69) is 26.3 Å². The minimum Gasteiger partial charge on any atom is -0.481 e. The Morgan fingerprint density at radius 1 is 1.07 bits per heavy atom. The number of carbonyl (C=O) groups excluding carboxylic acids is 1. The fourth-order valence-corrected chi connectivity index (χ4v) is 1.88. The van der Waals surface area contributed by atoms with Gasteiger partial charge in [-0.05, 0) is 27.2 Å². The van der Waals surface area contributed by atoms with Crippen molar-refractivity contribution in [3.63, 3.8) is 0 Å². The Hall–Kier alpha value is -2.27. The summed E-state index contributed by atoms with van der Waals surface area (Å²) in [6.45, 7) is 11.7. The van der Waals surface area contributed by atoms with Gasteiger partial charge in [0.25, 0.3) is 0 Å². The molecule has 6 N–H and O–H groups in total. The summed E-state index contributed by atoms with van der Waals surface area (Å²) in [5.74, 6) is -1.88. The number of nitrogens with zero attached hydrogens (tertiary/aromatic N) is 2. The second kappa shape index (κ2) is 15.6. The molecule has 1 amide bonds. The van der Waals surface area contributed by atoms with Crippen molar-refractivity contribution >= 4 is 23.6 Å². The first kappa shape index (κ1) is 28.9. The molecule has 0 aliphatic carbocycles. The number of nitrogens with one attached hydrogen (secondary N) is 3. The van der Waals surface area contributed by atoms with Gasteiger partial charge in [0.1, 0.15) is 0 Å². The molecule has 0 rings (SSSR count). The maximum atomic E-state index is 12.0. The van der Waals surface area contributed by atoms with Gasteiger partial charge in [0, 0.05) is 38.9 Å². The van der Waals surface area contributed by atoms with Gasteiger partial charge in [-0.15, -0.1) is 0 Å². The molecule has 0 aliphatic rings. The zero-order valence-electron chi connectivity index (χ0n) is 18.1. The lowest BCUT2D eigenvalue weighted by molar-refractivity contribution is -0.137. The highest BCUT2D eigenvalue weighted by atomic mass is 19.1. The van der Waals surface area contributed by atoms with Crippen molar-refractivity contribution in [1.29, 1.82) is 0 Å². The van der Waals surface area contributed by atoms with Crippen LogP contribution in [0.3, 0.4) is 0 Å².